The summed E-state index contributed by atoms with van der Waals surface area (Å²) >= 11 is 1.45. The van der Waals surface area contributed by atoms with Crippen molar-refractivity contribution < 1.29 is 4.79 Å². The summed E-state index contributed by atoms with van der Waals surface area (Å²) in [5, 5.41) is 2.62. The maximum absolute atomic E-state index is 12.5. The molecule has 0 atom stereocenters. The highest BCUT2D eigenvalue weighted by Gasteiger charge is 2.22. The highest BCUT2D eigenvalue weighted by atomic mass is 32.1. The summed E-state index contributed by atoms with van der Waals surface area (Å²) < 4.78 is 0. The molecule has 0 bridgehead atoms. The van der Waals surface area contributed by atoms with Gasteiger partial charge < -0.3 is 10.6 Å². The Morgan fingerprint density at radius 1 is 1.50 bits per heavy atom. The lowest BCUT2D eigenvalue weighted by Crippen LogP contribution is -2.36. The molecular formula is C15H23N3OS. The first-order valence-electron chi connectivity index (χ1n) is 7.29. The Balaban J connectivity index is 2.02. The first-order valence-corrected chi connectivity index (χ1v) is 8.17. The van der Waals surface area contributed by atoms with Crippen molar-refractivity contribution in [2.24, 2.45) is 11.7 Å². The van der Waals surface area contributed by atoms with Crippen LogP contribution in [-0.2, 0) is 6.54 Å². The van der Waals surface area contributed by atoms with E-state index >= 15 is 0 Å². The maximum atomic E-state index is 12.5. The Morgan fingerprint density at radius 2 is 2.25 bits per heavy atom. The average molecular weight is 293 g/mol. The third-order valence-electron chi connectivity index (χ3n) is 3.79. The second-order valence-corrected chi connectivity index (χ2v) is 6.28. The van der Waals surface area contributed by atoms with Crippen LogP contribution in [-0.4, -0.2) is 28.9 Å². The zero-order valence-electron chi connectivity index (χ0n) is 11.9. The third-order valence-corrected chi connectivity index (χ3v) is 4.66. The molecule has 2 N–H and O–H groups in total. The highest BCUT2D eigenvalue weighted by molar-refractivity contribution is 7.09. The lowest BCUT2D eigenvalue weighted by atomic mass is 9.89. The van der Waals surface area contributed by atoms with E-state index in [2.05, 4.69) is 11.6 Å². The molecule has 0 aromatic carbocycles. The van der Waals surface area contributed by atoms with Crippen LogP contribution in [0.15, 0.2) is 18.0 Å². The van der Waals surface area contributed by atoms with E-state index in [1.807, 2.05) is 10.3 Å². The minimum Gasteiger partial charge on any atom is -0.333 e. The Hall–Kier alpha value is -1.20. The zero-order valence-corrected chi connectivity index (χ0v) is 12.7. The van der Waals surface area contributed by atoms with Gasteiger partial charge in [0.1, 0.15) is 10.7 Å². The number of nitrogens with two attached hydrogens (primary N) is 1. The minimum absolute atomic E-state index is 0.00595. The molecule has 1 amide bonds. The highest BCUT2D eigenvalue weighted by Crippen LogP contribution is 2.25. The van der Waals surface area contributed by atoms with Gasteiger partial charge in [-0.3, -0.25) is 4.79 Å². The molecule has 0 saturated heterocycles. The van der Waals surface area contributed by atoms with Gasteiger partial charge >= 0.3 is 0 Å². The summed E-state index contributed by atoms with van der Waals surface area (Å²) in [6.45, 7) is 5.56. The fourth-order valence-electron chi connectivity index (χ4n) is 2.74. The number of nitrogens with zero attached hydrogens (tertiary/aromatic N) is 2. The molecule has 0 unspecified atom stereocenters. The molecule has 1 aromatic rings. The van der Waals surface area contributed by atoms with Crippen molar-refractivity contribution in [2.75, 3.05) is 13.1 Å². The number of thiazole rings is 1. The number of amides is 1. The van der Waals surface area contributed by atoms with Gasteiger partial charge in [0, 0.05) is 25.0 Å². The lowest BCUT2D eigenvalue weighted by Gasteiger charge is -2.28. The molecule has 1 aromatic heterocycles. The number of carbonyl (C=O) groups excluding carboxylic acids is 1. The molecule has 0 radical (unpaired) electrons. The van der Waals surface area contributed by atoms with E-state index < -0.39 is 0 Å². The number of carbonyl (C=O) groups is 1. The number of aromatic nitrogens is 1. The first kappa shape index (κ1) is 15.2. The molecule has 1 aliphatic carbocycles. The number of rotatable bonds is 6. The van der Waals surface area contributed by atoms with Gasteiger partial charge in [-0.2, -0.15) is 0 Å². The van der Waals surface area contributed by atoms with Crippen molar-refractivity contribution in [3.63, 3.8) is 0 Å². The molecule has 4 nitrogen and oxygen atoms in total. The van der Waals surface area contributed by atoms with Gasteiger partial charge in [-0.25, -0.2) is 4.98 Å². The van der Waals surface area contributed by atoms with Gasteiger partial charge in [-0.15, -0.1) is 17.9 Å². The van der Waals surface area contributed by atoms with Crippen LogP contribution in [0, 0.1) is 5.92 Å². The van der Waals surface area contributed by atoms with Gasteiger partial charge in [0.05, 0.1) is 0 Å². The van der Waals surface area contributed by atoms with E-state index in [1.54, 1.807) is 6.08 Å². The minimum atomic E-state index is 0.00595. The third kappa shape index (κ3) is 3.90. The average Bonchev–Trinajstić information content (AvgIpc) is 2.96. The molecule has 20 heavy (non-hydrogen) atoms. The zero-order chi connectivity index (χ0) is 14.4. The van der Waals surface area contributed by atoms with E-state index in [9.17, 15) is 4.79 Å². The molecule has 1 fully saturated rings. The van der Waals surface area contributed by atoms with Crippen LogP contribution >= 0.6 is 11.3 Å². The summed E-state index contributed by atoms with van der Waals surface area (Å²) in [6.07, 6.45) is 8.15. The molecule has 2 rings (SSSR count). The predicted octanol–water partition coefficient (Wildman–Crippen LogP) is 2.81. The second kappa shape index (κ2) is 7.55. The van der Waals surface area contributed by atoms with E-state index in [1.165, 1.54) is 43.4 Å². The van der Waals surface area contributed by atoms with E-state index in [-0.39, 0.29) is 5.91 Å². The Kier molecular flexibility index (Phi) is 5.73. The van der Waals surface area contributed by atoms with Gasteiger partial charge in [-0.1, -0.05) is 25.3 Å². The molecule has 1 aliphatic rings. The fourth-order valence-corrected chi connectivity index (χ4v) is 3.39. The molecule has 1 heterocycles. The number of hydrogen-bond acceptors (Lipinski definition) is 4. The largest absolute Gasteiger partial charge is 0.333 e. The maximum Gasteiger partial charge on any atom is 0.273 e. The van der Waals surface area contributed by atoms with Crippen molar-refractivity contribution in [1.82, 2.24) is 9.88 Å². The predicted molar refractivity (Wildman–Crippen MR) is 82.7 cm³/mol. The summed E-state index contributed by atoms with van der Waals surface area (Å²) in [5.74, 6) is 0.631. The quantitative estimate of drug-likeness (QED) is 0.820. The standard InChI is InChI=1S/C15H23N3OS/c1-2-8-18(10-12-6-4-3-5-7-12)15(19)13-11-20-14(9-16)17-13/h2,11-12H,1,3-10,16H2. The molecular weight excluding hydrogens is 270 g/mol. The first-order chi connectivity index (χ1) is 9.74. The summed E-state index contributed by atoms with van der Waals surface area (Å²) in [7, 11) is 0. The van der Waals surface area contributed by atoms with Crippen molar-refractivity contribution in [1.29, 1.82) is 0 Å². The van der Waals surface area contributed by atoms with E-state index in [0.717, 1.165) is 11.6 Å². The van der Waals surface area contributed by atoms with E-state index in [0.29, 0.717) is 24.7 Å². The van der Waals surface area contributed by atoms with Crippen molar-refractivity contribution in [3.05, 3.63) is 28.7 Å². The monoisotopic (exact) mass is 293 g/mol. The molecule has 1 saturated carbocycles. The Morgan fingerprint density at radius 3 is 2.85 bits per heavy atom. The Bertz CT molecular complexity index is 452. The van der Waals surface area contributed by atoms with Crippen molar-refractivity contribution in [2.45, 2.75) is 38.6 Å². The van der Waals surface area contributed by atoms with Gasteiger partial charge in [0.25, 0.3) is 5.91 Å². The lowest BCUT2D eigenvalue weighted by molar-refractivity contribution is 0.0730. The van der Waals surface area contributed by atoms with Crippen LogP contribution in [0.25, 0.3) is 0 Å². The fraction of sp³-hybridized carbons (Fsp3) is 0.600. The summed E-state index contributed by atoms with van der Waals surface area (Å²) in [5.41, 5.74) is 6.08. The molecule has 0 spiro atoms. The molecule has 5 heteroatoms. The van der Waals surface area contributed by atoms with Crippen LogP contribution in [0.2, 0.25) is 0 Å². The summed E-state index contributed by atoms with van der Waals surface area (Å²) in [4.78, 5) is 18.7. The Labute approximate surface area is 124 Å². The van der Waals surface area contributed by atoms with E-state index in [4.69, 9.17) is 5.73 Å². The van der Waals surface area contributed by atoms with Gasteiger partial charge in [-0.05, 0) is 18.8 Å². The van der Waals surface area contributed by atoms with Gasteiger partial charge in [0.2, 0.25) is 0 Å². The van der Waals surface area contributed by atoms with Crippen LogP contribution in [0.4, 0.5) is 0 Å². The smallest absolute Gasteiger partial charge is 0.273 e. The van der Waals surface area contributed by atoms with Gasteiger partial charge in [0.15, 0.2) is 0 Å². The number of hydrogen-bond donors (Lipinski definition) is 1. The van der Waals surface area contributed by atoms with Crippen LogP contribution in [0.3, 0.4) is 0 Å². The normalized spacial score (nSPS) is 16.1. The van der Waals surface area contributed by atoms with Crippen LogP contribution in [0.1, 0.15) is 47.6 Å². The van der Waals surface area contributed by atoms with Crippen LogP contribution < -0.4 is 5.73 Å². The molecule has 110 valence electrons. The van der Waals surface area contributed by atoms with Crippen molar-refractivity contribution >= 4 is 17.2 Å². The SMILES string of the molecule is C=CCN(CC1CCCCC1)C(=O)c1csc(CN)n1. The summed E-state index contributed by atoms with van der Waals surface area (Å²) in [6, 6.07) is 0. The van der Waals surface area contributed by atoms with Crippen LogP contribution in [0.5, 0.6) is 0 Å². The van der Waals surface area contributed by atoms with Crippen molar-refractivity contribution in [3.8, 4) is 0 Å². The second-order valence-electron chi connectivity index (χ2n) is 5.33. The topological polar surface area (TPSA) is 59.2 Å². The molecule has 0 aliphatic heterocycles.